The van der Waals surface area contributed by atoms with E-state index in [2.05, 4.69) is 14.9 Å². The van der Waals surface area contributed by atoms with E-state index < -0.39 is 16.6 Å². The topological polar surface area (TPSA) is 103 Å². The second-order valence-electron chi connectivity index (χ2n) is 7.48. The Morgan fingerprint density at radius 2 is 1.82 bits per heavy atom. The van der Waals surface area contributed by atoms with Gasteiger partial charge in [-0.3, -0.25) is 4.79 Å². The summed E-state index contributed by atoms with van der Waals surface area (Å²) in [5, 5.41) is 8.03. The van der Waals surface area contributed by atoms with Gasteiger partial charge < -0.3 is 9.15 Å². The smallest absolute Gasteiger partial charge is 0.387 e. The monoisotopic (exact) mass is 509 g/mol. The molecule has 1 aliphatic heterocycles. The molecule has 0 spiro atoms. The molecule has 1 fully saturated rings. The second kappa shape index (κ2) is 10.6. The van der Waals surface area contributed by atoms with Crippen LogP contribution in [0.2, 0.25) is 0 Å². The lowest BCUT2D eigenvalue weighted by atomic mass is 10.1. The standard InChI is InChI=1S/C22H21F2N3O5S2/c23-21(24)31-17-9-7-15(8-10-17)19(28)14-33-22-26-25-20(32-22)16-5-4-6-18(13-16)34(29,30)27-11-2-1-3-12-27/h4-10,13,21H,1-3,11-12,14H2. The maximum Gasteiger partial charge on any atom is 0.387 e. The van der Waals surface area contributed by atoms with Gasteiger partial charge in [-0.1, -0.05) is 24.2 Å². The van der Waals surface area contributed by atoms with E-state index >= 15 is 0 Å². The number of carbonyl (C=O) groups excluding carboxylic acids is 1. The van der Waals surface area contributed by atoms with E-state index in [-0.39, 0.29) is 33.3 Å². The number of alkyl halides is 2. The number of benzene rings is 2. The average molecular weight is 510 g/mol. The highest BCUT2D eigenvalue weighted by atomic mass is 32.2. The van der Waals surface area contributed by atoms with Gasteiger partial charge in [0.2, 0.25) is 15.9 Å². The van der Waals surface area contributed by atoms with Crippen LogP contribution in [0, 0.1) is 0 Å². The molecule has 180 valence electrons. The van der Waals surface area contributed by atoms with Crippen LogP contribution in [0.1, 0.15) is 29.6 Å². The zero-order valence-corrected chi connectivity index (χ0v) is 19.5. The fourth-order valence-electron chi connectivity index (χ4n) is 3.46. The minimum atomic E-state index is -3.60. The van der Waals surface area contributed by atoms with Gasteiger partial charge in [0.15, 0.2) is 5.78 Å². The number of ketones is 1. The van der Waals surface area contributed by atoms with E-state index in [1.54, 1.807) is 12.1 Å². The average Bonchev–Trinajstić information content (AvgIpc) is 3.32. The van der Waals surface area contributed by atoms with Crippen molar-refractivity contribution in [1.82, 2.24) is 14.5 Å². The molecular formula is C22H21F2N3O5S2. The number of hydrogen-bond acceptors (Lipinski definition) is 8. The fraction of sp³-hybridized carbons (Fsp3) is 0.318. The lowest BCUT2D eigenvalue weighted by Crippen LogP contribution is -2.35. The van der Waals surface area contributed by atoms with Crippen molar-refractivity contribution in [2.24, 2.45) is 0 Å². The van der Waals surface area contributed by atoms with Crippen LogP contribution in [0.15, 0.2) is 63.1 Å². The first kappa shape index (κ1) is 24.3. The maximum absolute atomic E-state index is 12.9. The van der Waals surface area contributed by atoms with E-state index in [0.717, 1.165) is 31.0 Å². The van der Waals surface area contributed by atoms with E-state index in [1.165, 1.54) is 40.7 Å². The van der Waals surface area contributed by atoms with Gasteiger partial charge in [-0.25, -0.2) is 8.42 Å². The summed E-state index contributed by atoms with van der Waals surface area (Å²) in [5.74, 6) is -0.174. The third-order valence-corrected chi connectivity index (χ3v) is 7.88. The summed E-state index contributed by atoms with van der Waals surface area (Å²) in [6, 6.07) is 11.7. The van der Waals surface area contributed by atoms with Gasteiger partial charge in [0, 0.05) is 24.2 Å². The highest BCUT2D eigenvalue weighted by molar-refractivity contribution is 7.99. The number of aromatic nitrogens is 2. The van der Waals surface area contributed by atoms with Crippen molar-refractivity contribution in [3.05, 3.63) is 54.1 Å². The van der Waals surface area contributed by atoms with Gasteiger partial charge in [-0.2, -0.15) is 13.1 Å². The van der Waals surface area contributed by atoms with E-state index in [4.69, 9.17) is 4.42 Å². The molecule has 3 aromatic rings. The van der Waals surface area contributed by atoms with Gasteiger partial charge in [-0.15, -0.1) is 10.2 Å². The van der Waals surface area contributed by atoms with Crippen LogP contribution in [0.4, 0.5) is 8.78 Å². The predicted octanol–water partition coefficient (Wildman–Crippen LogP) is 4.49. The zero-order valence-electron chi connectivity index (χ0n) is 17.9. The van der Waals surface area contributed by atoms with Gasteiger partial charge in [0.05, 0.1) is 10.6 Å². The zero-order chi connectivity index (χ0) is 24.1. The summed E-state index contributed by atoms with van der Waals surface area (Å²) >= 11 is 1.02. The Bertz CT molecular complexity index is 1240. The molecule has 0 atom stereocenters. The molecule has 1 saturated heterocycles. The number of rotatable bonds is 9. The Hall–Kier alpha value is -2.83. The lowest BCUT2D eigenvalue weighted by molar-refractivity contribution is -0.0498. The Labute approximate surface area is 199 Å². The van der Waals surface area contributed by atoms with E-state index in [1.807, 2.05) is 0 Å². The van der Waals surface area contributed by atoms with Crippen molar-refractivity contribution in [2.75, 3.05) is 18.8 Å². The first-order valence-corrected chi connectivity index (χ1v) is 12.9. The van der Waals surface area contributed by atoms with Crippen molar-refractivity contribution in [2.45, 2.75) is 36.0 Å². The second-order valence-corrected chi connectivity index (χ2v) is 10.3. The summed E-state index contributed by atoms with van der Waals surface area (Å²) in [6.07, 6.45) is 2.71. The van der Waals surface area contributed by atoms with Gasteiger partial charge in [0.25, 0.3) is 5.22 Å². The Morgan fingerprint density at radius 3 is 2.53 bits per heavy atom. The molecule has 34 heavy (non-hydrogen) atoms. The SMILES string of the molecule is O=C(CSc1nnc(-c2cccc(S(=O)(=O)N3CCCCC3)c2)o1)c1ccc(OC(F)F)cc1. The summed E-state index contributed by atoms with van der Waals surface area (Å²) in [6.45, 7) is -1.93. The summed E-state index contributed by atoms with van der Waals surface area (Å²) in [4.78, 5) is 12.5. The molecule has 0 N–H and O–H groups in total. The minimum absolute atomic E-state index is 0.0138. The number of ether oxygens (including phenoxy) is 1. The van der Waals surface area contributed by atoms with Crippen LogP contribution in [0.3, 0.4) is 0 Å². The van der Waals surface area contributed by atoms with Crippen LogP contribution >= 0.6 is 11.8 Å². The van der Waals surface area contributed by atoms with Gasteiger partial charge in [0.1, 0.15) is 5.75 Å². The number of carbonyl (C=O) groups is 1. The van der Waals surface area contributed by atoms with Crippen molar-refractivity contribution < 1.29 is 31.1 Å². The molecule has 0 aliphatic carbocycles. The van der Waals surface area contributed by atoms with Crippen LogP contribution in [0.25, 0.3) is 11.5 Å². The molecule has 0 radical (unpaired) electrons. The third-order valence-electron chi connectivity index (χ3n) is 5.17. The van der Waals surface area contributed by atoms with Crippen molar-refractivity contribution >= 4 is 27.6 Å². The van der Waals surface area contributed by atoms with Gasteiger partial charge >= 0.3 is 6.61 Å². The number of Topliss-reactive ketones (excluding diaryl/α,β-unsaturated/α-hetero) is 1. The molecule has 0 saturated carbocycles. The quantitative estimate of drug-likeness (QED) is 0.307. The molecule has 2 aromatic carbocycles. The molecule has 4 rings (SSSR count). The van der Waals surface area contributed by atoms with Crippen molar-refractivity contribution in [1.29, 1.82) is 0 Å². The van der Waals surface area contributed by atoms with Crippen molar-refractivity contribution in [3.8, 4) is 17.2 Å². The molecule has 0 amide bonds. The highest BCUT2D eigenvalue weighted by Crippen LogP contribution is 2.28. The first-order valence-electron chi connectivity index (χ1n) is 10.5. The van der Waals surface area contributed by atoms with Gasteiger partial charge in [-0.05, 0) is 55.3 Å². The summed E-state index contributed by atoms with van der Waals surface area (Å²) in [5.41, 5.74) is 0.780. The minimum Gasteiger partial charge on any atom is -0.435 e. The Balaban J connectivity index is 1.40. The molecule has 0 unspecified atom stereocenters. The normalized spacial score (nSPS) is 14.9. The Kier molecular flexibility index (Phi) is 7.59. The number of hydrogen-bond donors (Lipinski definition) is 0. The molecular weight excluding hydrogens is 488 g/mol. The number of nitrogens with zero attached hydrogens (tertiary/aromatic N) is 3. The van der Waals surface area contributed by atoms with Crippen molar-refractivity contribution in [3.63, 3.8) is 0 Å². The molecule has 1 aliphatic rings. The number of piperidine rings is 1. The molecule has 12 heteroatoms. The summed E-state index contributed by atoms with van der Waals surface area (Å²) in [7, 11) is -3.60. The molecule has 1 aromatic heterocycles. The lowest BCUT2D eigenvalue weighted by Gasteiger charge is -2.25. The van der Waals surface area contributed by atoms with Crippen LogP contribution in [0.5, 0.6) is 5.75 Å². The largest absolute Gasteiger partial charge is 0.435 e. The van der Waals surface area contributed by atoms with Crippen LogP contribution < -0.4 is 4.74 Å². The van der Waals surface area contributed by atoms with E-state index in [0.29, 0.717) is 24.2 Å². The Morgan fingerprint density at radius 1 is 1.09 bits per heavy atom. The first-order chi connectivity index (χ1) is 16.3. The van der Waals surface area contributed by atoms with E-state index in [9.17, 15) is 22.0 Å². The highest BCUT2D eigenvalue weighted by Gasteiger charge is 2.26. The summed E-state index contributed by atoms with van der Waals surface area (Å²) < 4.78 is 61.7. The predicted molar refractivity (Wildman–Crippen MR) is 120 cm³/mol. The van der Waals surface area contributed by atoms with Crippen LogP contribution in [-0.2, 0) is 10.0 Å². The molecule has 2 heterocycles. The number of sulfonamides is 1. The third kappa shape index (κ3) is 5.80. The number of halogens is 2. The molecule has 0 bridgehead atoms. The number of thioether (sulfide) groups is 1. The fourth-order valence-corrected chi connectivity index (χ4v) is 5.68. The van der Waals surface area contributed by atoms with Crippen LogP contribution in [-0.4, -0.2) is 54.2 Å². The maximum atomic E-state index is 12.9. The molecule has 8 nitrogen and oxygen atoms in total.